The summed E-state index contributed by atoms with van der Waals surface area (Å²) in [7, 11) is 0. The summed E-state index contributed by atoms with van der Waals surface area (Å²) in [5, 5.41) is 8.28. The Hall–Kier alpha value is -2.20. The molecule has 0 aliphatic heterocycles. The Labute approximate surface area is 158 Å². The predicted molar refractivity (Wildman–Crippen MR) is 117 cm³/mol. The summed E-state index contributed by atoms with van der Waals surface area (Å²) >= 11 is 1.57. The fraction of sp³-hybridized carbons (Fsp3) is 0.333. The van der Waals surface area contributed by atoms with Crippen LogP contribution in [0.3, 0.4) is 0 Å². The Morgan fingerprint density at radius 1 is 0.960 bits per heavy atom. The van der Waals surface area contributed by atoms with Crippen LogP contribution in [0.1, 0.15) is 51.5 Å². The normalized spacial score (nSPS) is 8.92. The highest BCUT2D eigenvalue weighted by atomic mass is 32.1. The highest BCUT2D eigenvalue weighted by molar-refractivity contribution is 7.13. The molecule has 0 saturated heterocycles. The van der Waals surface area contributed by atoms with Crippen molar-refractivity contribution in [3.05, 3.63) is 58.8 Å². The topological polar surface area (TPSA) is 62.8 Å². The molecule has 3 rings (SSSR count). The van der Waals surface area contributed by atoms with E-state index < -0.39 is 0 Å². The summed E-state index contributed by atoms with van der Waals surface area (Å²) in [4.78, 5) is 0. The summed E-state index contributed by atoms with van der Waals surface area (Å²) in [6.45, 7) is 14.1. The average molecular weight is 360 g/mol. The smallest absolute Gasteiger partial charge is 0.0589 e. The lowest BCUT2D eigenvalue weighted by molar-refractivity contribution is 1.37. The largest absolute Gasteiger partial charge is 0.398 e. The van der Waals surface area contributed by atoms with E-state index in [2.05, 4.69) is 36.4 Å². The minimum absolute atomic E-state index is 0. The van der Waals surface area contributed by atoms with Crippen LogP contribution < -0.4 is 5.73 Å². The van der Waals surface area contributed by atoms with Crippen molar-refractivity contribution in [3.8, 4) is 0 Å². The Morgan fingerprint density at radius 3 is 2.08 bits per heavy atom. The molecule has 1 aromatic heterocycles. The zero-order valence-electron chi connectivity index (χ0n) is 16.5. The monoisotopic (exact) mass is 359 g/mol. The van der Waals surface area contributed by atoms with Crippen LogP contribution >= 0.6 is 11.5 Å². The van der Waals surface area contributed by atoms with Crippen LogP contribution in [0.4, 0.5) is 5.69 Å². The number of aromatic nitrogens is 1. The molecule has 1 heterocycles. The van der Waals surface area contributed by atoms with Gasteiger partial charge in [-0.2, -0.15) is 4.37 Å². The fourth-order valence-electron chi connectivity index (χ4n) is 1.99. The number of hydrogen-bond donors (Lipinski definition) is 2. The third-order valence-electron chi connectivity index (χ3n) is 3.20. The predicted octanol–water partition coefficient (Wildman–Crippen LogP) is 6.79. The third kappa shape index (κ3) is 7.06. The van der Waals surface area contributed by atoms with Gasteiger partial charge < -0.3 is 11.1 Å². The number of anilines is 1. The van der Waals surface area contributed by atoms with Gasteiger partial charge in [0.05, 0.1) is 10.4 Å². The van der Waals surface area contributed by atoms with Crippen LogP contribution in [0, 0.1) is 26.2 Å². The van der Waals surface area contributed by atoms with Crippen LogP contribution in [0.2, 0.25) is 0 Å². The quantitative estimate of drug-likeness (QED) is 0.371. The molecule has 0 amide bonds. The number of nitrogen functional groups attached to an aromatic ring is 1. The Balaban J connectivity index is 0. The van der Waals surface area contributed by atoms with E-state index in [1.807, 2.05) is 52.8 Å². The van der Waals surface area contributed by atoms with E-state index in [1.54, 1.807) is 11.5 Å². The van der Waals surface area contributed by atoms with Crippen LogP contribution in [0.15, 0.2) is 36.4 Å². The molecular formula is C21H33N3S. The number of fused-ring (bicyclic) bond motifs is 1. The van der Waals surface area contributed by atoms with Gasteiger partial charge in [0.25, 0.3) is 0 Å². The lowest BCUT2D eigenvalue weighted by Gasteiger charge is -1.98. The molecule has 0 aliphatic rings. The van der Waals surface area contributed by atoms with E-state index in [4.69, 9.17) is 11.1 Å². The van der Waals surface area contributed by atoms with Gasteiger partial charge in [-0.3, -0.25) is 0 Å². The molecule has 0 fully saturated rings. The van der Waals surface area contributed by atoms with Gasteiger partial charge >= 0.3 is 0 Å². The summed E-state index contributed by atoms with van der Waals surface area (Å²) in [6, 6.07) is 12.1. The molecule has 25 heavy (non-hydrogen) atoms. The van der Waals surface area contributed by atoms with Gasteiger partial charge in [-0.1, -0.05) is 51.0 Å². The number of hydrogen-bond acceptors (Lipinski definition) is 4. The van der Waals surface area contributed by atoms with Crippen molar-refractivity contribution in [2.45, 2.75) is 48.5 Å². The molecule has 0 spiro atoms. The van der Waals surface area contributed by atoms with Gasteiger partial charge in [-0.15, -0.1) is 0 Å². The van der Waals surface area contributed by atoms with E-state index in [0.717, 1.165) is 16.8 Å². The van der Waals surface area contributed by atoms with Crippen molar-refractivity contribution >= 4 is 33.5 Å². The van der Waals surface area contributed by atoms with Gasteiger partial charge in [0, 0.05) is 24.3 Å². The maximum atomic E-state index is 6.98. The highest BCUT2D eigenvalue weighted by Crippen LogP contribution is 2.22. The van der Waals surface area contributed by atoms with Crippen molar-refractivity contribution in [2.24, 2.45) is 0 Å². The Bertz CT molecular complexity index is 782. The number of aryl methyl sites for hydroxylation is 3. The second kappa shape index (κ2) is 12.2. The molecule has 0 radical (unpaired) electrons. The Kier molecular flexibility index (Phi) is 11.1. The second-order valence-corrected chi connectivity index (χ2v) is 5.85. The van der Waals surface area contributed by atoms with E-state index in [1.165, 1.54) is 21.9 Å². The fourth-order valence-corrected chi connectivity index (χ4v) is 2.76. The van der Waals surface area contributed by atoms with Gasteiger partial charge in [-0.05, 0) is 56.6 Å². The van der Waals surface area contributed by atoms with Gasteiger partial charge in [0.2, 0.25) is 0 Å². The summed E-state index contributed by atoms with van der Waals surface area (Å²) in [5.74, 6) is 0. The molecule has 3 nitrogen and oxygen atoms in total. The second-order valence-electron chi connectivity index (χ2n) is 5.04. The number of benzene rings is 2. The minimum Gasteiger partial charge on any atom is -0.398 e. The van der Waals surface area contributed by atoms with Crippen LogP contribution in [-0.2, 0) is 0 Å². The van der Waals surface area contributed by atoms with Crippen LogP contribution in [-0.4, -0.2) is 10.6 Å². The van der Waals surface area contributed by atoms with Crippen molar-refractivity contribution in [1.29, 1.82) is 5.41 Å². The molecule has 138 valence electrons. The van der Waals surface area contributed by atoms with Crippen molar-refractivity contribution in [1.82, 2.24) is 4.37 Å². The molecule has 0 aliphatic carbocycles. The number of nitrogens with two attached hydrogens (primary N) is 1. The van der Waals surface area contributed by atoms with Crippen LogP contribution in [0.5, 0.6) is 0 Å². The SMILES string of the molecule is CC.CC.Cc1ccc(N)c(C=N)c1.Cc1ccc2snc(C)c2c1.[HH]. The molecule has 4 heteroatoms. The summed E-state index contributed by atoms with van der Waals surface area (Å²) < 4.78 is 5.56. The molecule has 2 aromatic carbocycles. The zero-order valence-corrected chi connectivity index (χ0v) is 17.3. The minimum atomic E-state index is 0. The molecular weight excluding hydrogens is 326 g/mol. The Morgan fingerprint density at radius 2 is 1.52 bits per heavy atom. The lowest BCUT2D eigenvalue weighted by Crippen LogP contribution is -1.92. The molecule has 0 bridgehead atoms. The standard InChI is InChI=1S/C9H9NS.C8H10N2.2C2H6.H2/c1-6-3-4-9-8(5-6)7(2)10-11-9;1-6-2-3-8(10)7(4-6)5-9;2*1-2;/h3-5H,1-2H3;2-5,9H,10H2,1H3;2*1-2H3;1H. The van der Waals surface area contributed by atoms with Crippen molar-refractivity contribution in [2.75, 3.05) is 5.73 Å². The van der Waals surface area contributed by atoms with Gasteiger partial charge in [0.15, 0.2) is 0 Å². The number of nitrogens with zero attached hydrogens (tertiary/aromatic N) is 1. The van der Waals surface area contributed by atoms with Crippen molar-refractivity contribution < 1.29 is 1.43 Å². The van der Waals surface area contributed by atoms with E-state index >= 15 is 0 Å². The number of rotatable bonds is 1. The van der Waals surface area contributed by atoms with Gasteiger partial charge in [-0.25, -0.2) is 0 Å². The molecule has 3 N–H and O–H groups in total. The number of nitrogens with one attached hydrogen (secondary N) is 1. The van der Waals surface area contributed by atoms with E-state index in [9.17, 15) is 0 Å². The molecule has 0 saturated carbocycles. The average Bonchev–Trinajstić information content (AvgIpc) is 3.01. The van der Waals surface area contributed by atoms with E-state index in [-0.39, 0.29) is 1.43 Å². The first-order valence-corrected chi connectivity index (χ1v) is 9.48. The highest BCUT2D eigenvalue weighted by Gasteiger charge is 1.99. The maximum Gasteiger partial charge on any atom is 0.0589 e. The van der Waals surface area contributed by atoms with E-state index in [0.29, 0.717) is 5.69 Å². The third-order valence-corrected chi connectivity index (χ3v) is 4.12. The first-order chi connectivity index (χ1) is 12.0. The summed E-state index contributed by atoms with van der Waals surface area (Å²) in [5.41, 5.74) is 10.6. The lowest BCUT2D eigenvalue weighted by atomic mass is 10.1. The first kappa shape index (κ1) is 22.8. The van der Waals surface area contributed by atoms with Gasteiger partial charge in [0.1, 0.15) is 0 Å². The summed E-state index contributed by atoms with van der Waals surface area (Å²) in [6.07, 6.45) is 1.27. The molecule has 3 aromatic rings. The molecule has 0 unspecified atom stereocenters. The molecule has 0 atom stereocenters. The first-order valence-electron chi connectivity index (χ1n) is 8.70. The zero-order chi connectivity index (χ0) is 19.4. The van der Waals surface area contributed by atoms with Crippen molar-refractivity contribution in [3.63, 3.8) is 0 Å². The van der Waals surface area contributed by atoms with Crippen LogP contribution in [0.25, 0.3) is 10.1 Å². The maximum absolute atomic E-state index is 6.98.